The van der Waals surface area contributed by atoms with E-state index in [2.05, 4.69) is 10.6 Å². The summed E-state index contributed by atoms with van der Waals surface area (Å²) in [6, 6.07) is 14.3. The molecule has 3 aromatic rings. The summed E-state index contributed by atoms with van der Waals surface area (Å²) in [5.74, 6) is 1.38. The maximum atomic E-state index is 14.0. The van der Waals surface area contributed by atoms with Crippen LogP contribution in [0.2, 0.25) is 0 Å². The molecule has 0 aliphatic carbocycles. The zero-order chi connectivity index (χ0) is 30.3. The Kier molecular flexibility index (Phi) is 10.1. The third-order valence-electron chi connectivity index (χ3n) is 7.95. The lowest BCUT2D eigenvalue weighted by atomic mass is 10.0. The van der Waals surface area contributed by atoms with E-state index in [9.17, 15) is 14.4 Å². The number of carbonyl (C=O) groups excluding carboxylic acids is 3. The molecule has 0 bridgehead atoms. The molecular formula is C32H40N6O4S. The monoisotopic (exact) mass is 604 g/mol. The second kappa shape index (κ2) is 14.2. The molecule has 0 fully saturated rings. The van der Waals surface area contributed by atoms with E-state index < -0.39 is 12.1 Å². The number of carbonyl (C=O) groups is 3. The second-order valence-electron chi connectivity index (χ2n) is 11.3. The first-order chi connectivity index (χ1) is 20.9. The summed E-state index contributed by atoms with van der Waals surface area (Å²) in [6.45, 7) is 6.10. The molecular weight excluding hydrogens is 564 g/mol. The van der Waals surface area contributed by atoms with Gasteiger partial charge in [0.25, 0.3) is 5.91 Å². The maximum absolute atomic E-state index is 14.0. The molecule has 10 nitrogen and oxygen atoms in total. The Morgan fingerprint density at radius 3 is 2.63 bits per heavy atom. The van der Waals surface area contributed by atoms with Crippen LogP contribution in [0.4, 0.5) is 0 Å². The first-order valence-electron chi connectivity index (χ1n) is 14.9. The minimum Gasteiger partial charge on any atom is -0.372 e. The van der Waals surface area contributed by atoms with Crippen molar-refractivity contribution in [3.63, 3.8) is 0 Å². The summed E-state index contributed by atoms with van der Waals surface area (Å²) in [5, 5.41) is 11.0. The second-order valence-corrected chi connectivity index (χ2v) is 12.3. The van der Waals surface area contributed by atoms with Crippen LogP contribution < -0.4 is 10.6 Å². The van der Waals surface area contributed by atoms with Gasteiger partial charge in [0, 0.05) is 30.6 Å². The van der Waals surface area contributed by atoms with Gasteiger partial charge >= 0.3 is 0 Å². The van der Waals surface area contributed by atoms with Gasteiger partial charge in [0.2, 0.25) is 11.8 Å². The molecule has 5 rings (SSSR count). The van der Waals surface area contributed by atoms with E-state index in [0.717, 1.165) is 22.4 Å². The first-order valence-corrected chi connectivity index (χ1v) is 16.3. The molecule has 0 unspecified atom stereocenters. The lowest BCUT2D eigenvalue weighted by Crippen LogP contribution is -2.49. The quantitative estimate of drug-likeness (QED) is 0.437. The molecule has 3 amide bonds. The molecule has 43 heavy (non-hydrogen) atoms. The Hall–Kier alpha value is -3.70. The summed E-state index contributed by atoms with van der Waals surface area (Å²) >= 11 is 1.63. The largest absolute Gasteiger partial charge is 0.372 e. The van der Waals surface area contributed by atoms with Crippen molar-refractivity contribution in [3.05, 3.63) is 71.0 Å². The molecule has 0 saturated carbocycles. The van der Waals surface area contributed by atoms with Gasteiger partial charge in [-0.1, -0.05) is 56.3 Å². The normalized spacial score (nSPS) is 19.8. The van der Waals surface area contributed by atoms with Gasteiger partial charge in [0.1, 0.15) is 6.04 Å². The van der Waals surface area contributed by atoms with Crippen molar-refractivity contribution < 1.29 is 19.1 Å². The number of rotatable bonds is 6. The van der Waals surface area contributed by atoms with Crippen LogP contribution in [0.25, 0.3) is 11.4 Å². The van der Waals surface area contributed by atoms with Crippen LogP contribution in [-0.2, 0) is 34.1 Å². The van der Waals surface area contributed by atoms with Gasteiger partial charge in [-0.15, -0.1) is 0 Å². The molecule has 2 N–H and O–H groups in total. The zero-order valence-electron chi connectivity index (χ0n) is 25.0. The third kappa shape index (κ3) is 7.27. The fraction of sp³-hybridized carbons (Fsp3) is 0.469. The van der Waals surface area contributed by atoms with Crippen LogP contribution in [0.3, 0.4) is 0 Å². The SMILES string of the molecule is CSCC[C@@H]1NC(=O)CCCN(C(=O)c2cccc3c2COC3)CCn2nc(-c3ccccc3)nc2[C@@H](C(C)C)NC1=O. The van der Waals surface area contributed by atoms with E-state index in [-0.39, 0.29) is 30.1 Å². The van der Waals surface area contributed by atoms with Gasteiger partial charge in [-0.25, -0.2) is 9.67 Å². The van der Waals surface area contributed by atoms with Crippen molar-refractivity contribution in [1.29, 1.82) is 0 Å². The van der Waals surface area contributed by atoms with Crippen LogP contribution in [-0.4, -0.2) is 68.5 Å². The molecule has 0 spiro atoms. The van der Waals surface area contributed by atoms with Crippen LogP contribution in [0.1, 0.15) is 66.5 Å². The number of amides is 3. The number of benzene rings is 2. The van der Waals surface area contributed by atoms with Crippen LogP contribution >= 0.6 is 11.8 Å². The number of hydrogen-bond acceptors (Lipinski definition) is 7. The molecule has 3 heterocycles. The standard InChI is InChI=1S/C32H40N6O4S/c1-21(2)28-30-35-29(22-9-5-4-6-10-22)36-38(30)17-16-37(32(41)24-12-7-11-23-19-42-20-25(23)24)15-8-13-27(39)33-26(14-18-43-3)31(40)34-28/h4-7,9-12,21,26,28H,8,13-20H2,1-3H3,(H,33,39)(H,34,40)/t26-,28+/m0/s1. The smallest absolute Gasteiger partial charge is 0.254 e. The maximum Gasteiger partial charge on any atom is 0.254 e. The van der Waals surface area contributed by atoms with Crippen molar-refractivity contribution in [2.45, 2.75) is 65.0 Å². The van der Waals surface area contributed by atoms with Crippen LogP contribution in [0.5, 0.6) is 0 Å². The van der Waals surface area contributed by atoms with Crippen molar-refractivity contribution >= 4 is 29.5 Å². The molecule has 228 valence electrons. The molecule has 2 aromatic carbocycles. The van der Waals surface area contributed by atoms with Gasteiger partial charge in [0.05, 0.1) is 25.8 Å². The Morgan fingerprint density at radius 1 is 1.05 bits per heavy atom. The van der Waals surface area contributed by atoms with E-state index in [1.807, 2.05) is 73.3 Å². The van der Waals surface area contributed by atoms with Gasteiger partial charge in [0.15, 0.2) is 11.6 Å². The number of aromatic nitrogens is 3. The van der Waals surface area contributed by atoms with Crippen molar-refractivity contribution in [1.82, 2.24) is 30.3 Å². The molecule has 2 aliphatic rings. The lowest BCUT2D eigenvalue weighted by Gasteiger charge is -2.28. The van der Waals surface area contributed by atoms with Gasteiger partial charge in [-0.3, -0.25) is 14.4 Å². The fourth-order valence-electron chi connectivity index (χ4n) is 5.55. The fourth-order valence-corrected chi connectivity index (χ4v) is 6.02. The highest BCUT2D eigenvalue weighted by Crippen LogP contribution is 2.27. The average Bonchev–Trinajstić information content (AvgIpc) is 3.66. The predicted molar refractivity (Wildman–Crippen MR) is 166 cm³/mol. The Morgan fingerprint density at radius 2 is 1.86 bits per heavy atom. The van der Waals surface area contributed by atoms with Gasteiger partial charge in [-0.05, 0) is 48.0 Å². The number of hydrogen-bond donors (Lipinski definition) is 2. The summed E-state index contributed by atoms with van der Waals surface area (Å²) in [6.07, 6.45) is 3.17. The lowest BCUT2D eigenvalue weighted by molar-refractivity contribution is -0.129. The minimum atomic E-state index is -0.668. The van der Waals surface area contributed by atoms with Gasteiger partial charge < -0.3 is 20.3 Å². The first kappa shape index (κ1) is 30.7. The van der Waals surface area contributed by atoms with E-state index in [1.54, 1.807) is 16.7 Å². The Bertz CT molecular complexity index is 1440. The van der Waals surface area contributed by atoms with Gasteiger partial charge in [-0.2, -0.15) is 16.9 Å². The van der Waals surface area contributed by atoms with E-state index >= 15 is 0 Å². The highest BCUT2D eigenvalue weighted by Gasteiger charge is 2.31. The molecule has 2 atom stereocenters. The third-order valence-corrected chi connectivity index (χ3v) is 8.59. The highest BCUT2D eigenvalue weighted by atomic mass is 32.2. The summed E-state index contributed by atoms with van der Waals surface area (Å²) in [7, 11) is 0. The number of ether oxygens (including phenoxy) is 1. The Balaban J connectivity index is 1.52. The van der Waals surface area contributed by atoms with Crippen LogP contribution in [0.15, 0.2) is 48.5 Å². The molecule has 2 aliphatic heterocycles. The summed E-state index contributed by atoms with van der Waals surface area (Å²) in [5.41, 5.74) is 3.46. The number of nitrogens with one attached hydrogen (secondary N) is 2. The summed E-state index contributed by atoms with van der Waals surface area (Å²) in [4.78, 5) is 47.3. The van der Waals surface area contributed by atoms with Crippen molar-refractivity contribution in [3.8, 4) is 11.4 Å². The molecule has 0 radical (unpaired) electrons. The Labute approximate surface area is 257 Å². The van der Waals surface area contributed by atoms with Crippen molar-refractivity contribution in [2.24, 2.45) is 5.92 Å². The topological polar surface area (TPSA) is 118 Å². The average molecular weight is 605 g/mol. The number of nitrogens with zero attached hydrogens (tertiary/aromatic N) is 4. The van der Waals surface area contributed by atoms with E-state index in [0.29, 0.717) is 62.9 Å². The summed E-state index contributed by atoms with van der Waals surface area (Å²) < 4.78 is 7.46. The highest BCUT2D eigenvalue weighted by molar-refractivity contribution is 7.98. The molecule has 0 saturated heterocycles. The molecule has 11 heteroatoms. The minimum absolute atomic E-state index is 0.00928. The van der Waals surface area contributed by atoms with Crippen LogP contribution in [0, 0.1) is 5.92 Å². The van der Waals surface area contributed by atoms with E-state index in [1.165, 1.54) is 0 Å². The van der Waals surface area contributed by atoms with E-state index in [4.69, 9.17) is 14.8 Å². The number of thioether (sulfide) groups is 1. The number of fused-ring (bicyclic) bond motifs is 2. The van der Waals surface area contributed by atoms with Crippen molar-refractivity contribution in [2.75, 3.05) is 25.1 Å². The zero-order valence-corrected chi connectivity index (χ0v) is 25.9. The predicted octanol–water partition coefficient (Wildman–Crippen LogP) is 3.96. The molecule has 1 aromatic heterocycles.